The van der Waals surface area contributed by atoms with Crippen molar-refractivity contribution >= 4 is 22.4 Å². The Hall–Kier alpha value is -0.870. The smallest absolute Gasteiger partial charge is 0.383 e. The minimum Gasteiger partial charge on any atom is -0.383 e. The van der Waals surface area contributed by atoms with Gasteiger partial charge in [-0.3, -0.25) is 0 Å². The van der Waals surface area contributed by atoms with Crippen LogP contribution in [0.15, 0.2) is 29.2 Å². The van der Waals surface area contributed by atoms with Crippen LogP contribution in [0, 0.1) is 0 Å². The largest absolute Gasteiger partial charge is 0.393 e. The van der Waals surface area contributed by atoms with Gasteiger partial charge in [-0.15, -0.1) is 12.4 Å². The number of sulfonamides is 1. The summed E-state index contributed by atoms with van der Waals surface area (Å²) in [5.41, 5.74) is 0.0210. The first-order valence-corrected chi connectivity index (χ1v) is 8.08. The summed E-state index contributed by atoms with van der Waals surface area (Å²) in [6.45, 7) is 1.73. The number of hydrogen-bond donors (Lipinski definition) is 2. The quantitative estimate of drug-likeness (QED) is 0.644. The van der Waals surface area contributed by atoms with E-state index in [-0.39, 0.29) is 29.4 Å². The van der Waals surface area contributed by atoms with Gasteiger partial charge in [-0.05, 0) is 17.7 Å². The molecule has 10 heteroatoms. The third-order valence-corrected chi connectivity index (χ3v) is 4.19. The highest BCUT2D eigenvalue weighted by Crippen LogP contribution is 2.22. The minimum atomic E-state index is -4.31. The molecule has 0 spiro atoms. The summed E-state index contributed by atoms with van der Waals surface area (Å²) in [6.07, 6.45) is -5.39. The maximum Gasteiger partial charge on any atom is 0.393 e. The molecule has 0 aliphatic heterocycles. The van der Waals surface area contributed by atoms with Crippen molar-refractivity contribution in [3.63, 3.8) is 0 Å². The molecular formula is C13H20ClF3N2O3S. The maximum atomic E-state index is 12.2. The lowest BCUT2D eigenvalue weighted by Gasteiger charge is -2.09. The Morgan fingerprint density at radius 1 is 1.09 bits per heavy atom. The van der Waals surface area contributed by atoms with Crippen LogP contribution < -0.4 is 10.0 Å². The molecule has 1 aromatic carbocycles. The zero-order chi connectivity index (χ0) is 16.6. The molecule has 0 aliphatic carbocycles. The van der Waals surface area contributed by atoms with Crippen LogP contribution in [-0.2, 0) is 21.2 Å². The van der Waals surface area contributed by atoms with E-state index in [1.54, 1.807) is 7.11 Å². The van der Waals surface area contributed by atoms with Gasteiger partial charge in [-0.1, -0.05) is 12.1 Å². The number of methoxy groups -OCH3 is 1. The summed E-state index contributed by atoms with van der Waals surface area (Å²) in [5, 5.41) is 2.97. The van der Waals surface area contributed by atoms with Gasteiger partial charge in [-0.2, -0.15) is 13.2 Å². The molecule has 2 N–H and O–H groups in total. The SMILES string of the molecule is COCCNCCNS(=O)(=O)c1ccc(CC(F)(F)F)cc1.Cl. The van der Waals surface area contributed by atoms with E-state index in [9.17, 15) is 21.6 Å². The molecule has 0 radical (unpaired) electrons. The predicted octanol–water partition coefficient (Wildman–Crippen LogP) is 1.73. The van der Waals surface area contributed by atoms with Crippen molar-refractivity contribution in [2.45, 2.75) is 17.5 Å². The number of ether oxygens (including phenoxy) is 1. The molecule has 0 unspecified atom stereocenters. The first-order valence-electron chi connectivity index (χ1n) is 6.59. The van der Waals surface area contributed by atoms with Gasteiger partial charge >= 0.3 is 6.18 Å². The van der Waals surface area contributed by atoms with E-state index in [2.05, 4.69) is 10.0 Å². The Morgan fingerprint density at radius 2 is 1.70 bits per heavy atom. The number of benzene rings is 1. The van der Waals surface area contributed by atoms with Crippen LogP contribution in [0.2, 0.25) is 0 Å². The highest BCUT2D eigenvalue weighted by atomic mass is 35.5. The van der Waals surface area contributed by atoms with E-state index >= 15 is 0 Å². The third-order valence-electron chi connectivity index (χ3n) is 2.72. The molecule has 0 bridgehead atoms. The summed E-state index contributed by atoms with van der Waals surface area (Å²) < 4.78 is 67.7. The van der Waals surface area contributed by atoms with Crippen molar-refractivity contribution in [2.75, 3.05) is 33.4 Å². The molecule has 1 rings (SSSR count). The van der Waals surface area contributed by atoms with Gasteiger partial charge in [0.25, 0.3) is 0 Å². The van der Waals surface area contributed by atoms with Crippen LogP contribution in [0.1, 0.15) is 5.56 Å². The Bertz CT molecular complexity index is 551. The van der Waals surface area contributed by atoms with Gasteiger partial charge in [0, 0.05) is 26.7 Å². The zero-order valence-corrected chi connectivity index (χ0v) is 14.2. The van der Waals surface area contributed by atoms with E-state index in [4.69, 9.17) is 4.74 Å². The van der Waals surface area contributed by atoms with Crippen molar-refractivity contribution in [3.05, 3.63) is 29.8 Å². The minimum absolute atomic E-state index is 0. The van der Waals surface area contributed by atoms with E-state index in [1.807, 2.05) is 0 Å². The molecule has 0 fully saturated rings. The standard InChI is InChI=1S/C13H19F3N2O3S.ClH/c1-21-9-8-17-6-7-18-22(19,20)12-4-2-11(3-5-12)10-13(14,15)16;/h2-5,17-18H,6-10H2,1H3;1H. The zero-order valence-electron chi connectivity index (χ0n) is 12.5. The van der Waals surface area contributed by atoms with E-state index in [1.165, 1.54) is 24.3 Å². The van der Waals surface area contributed by atoms with E-state index in [0.29, 0.717) is 19.7 Å². The van der Waals surface area contributed by atoms with Gasteiger partial charge in [0.15, 0.2) is 0 Å². The van der Waals surface area contributed by atoms with Crippen molar-refractivity contribution in [3.8, 4) is 0 Å². The lowest BCUT2D eigenvalue weighted by molar-refractivity contribution is -0.127. The third kappa shape index (κ3) is 9.11. The molecule has 0 saturated carbocycles. The highest BCUT2D eigenvalue weighted by Gasteiger charge is 2.27. The van der Waals surface area contributed by atoms with Crippen LogP contribution in [0.25, 0.3) is 0 Å². The average Bonchev–Trinajstić information content (AvgIpc) is 2.41. The van der Waals surface area contributed by atoms with Gasteiger partial charge in [-0.25, -0.2) is 13.1 Å². The monoisotopic (exact) mass is 376 g/mol. The van der Waals surface area contributed by atoms with Crippen molar-refractivity contribution in [2.24, 2.45) is 0 Å². The predicted molar refractivity (Wildman–Crippen MR) is 83.4 cm³/mol. The number of halogens is 4. The van der Waals surface area contributed by atoms with Crippen molar-refractivity contribution < 1.29 is 26.3 Å². The van der Waals surface area contributed by atoms with E-state index in [0.717, 1.165) is 0 Å². The van der Waals surface area contributed by atoms with Crippen LogP contribution in [0.4, 0.5) is 13.2 Å². The lowest BCUT2D eigenvalue weighted by Crippen LogP contribution is -2.33. The Labute approximate surface area is 140 Å². The fraction of sp³-hybridized carbons (Fsp3) is 0.538. The average molecular weight is 377 g/mol. The number of rotatable bonds is 9. The fourth-order valence-corrected chi connectivity index (χ4v) is 2.71. The highest BCUT2D eigenvalue weighted by molar-refractivity contribution is 7.89. The van der Waals surface area contributed by atoms with E-state index < -0.39 is 22.6 Å². The Morgan fingerprint density at radius 3 is 2.22 bits per heavy atom. The summed E-state index contributed by atoms with van der Waals surface area (Å²) in [6, 6.07) is 4.67. The van der Waals surface area contributed by atoms with Gasteiger partial charge in [0.05, 0.1) is 17.9 Å². The molecule has 134 valence electrons. The maximum absolute atomic E-state index is 12.2. The Balaban J connectivity index is 0.00000484. The van der Waals surface area contributed by atoms with Gasteiger partial charge in [0.2, 0.25) is 10.0 Å². The first kappa shape index (κ1) is 22.1. The second-order valence-electron chi connectivity index (χ2n) is 4.58. The fourth-order valence-electron chi connectivity index (χ4n) is 1.67. The molecule has 5 nitrogen and oxygen atoms in total. The number of nitrogens with one attached hydrogen (secondary N) is 2. The molecule has 0 aromatic heterocycles. The molecule has 0 heterocycles. The topological polar surface area (TPSA) is 67.4 Å². The molecule has 0 atom stereocenters. The molecule has 0 aliphatic rings. The second kappa shape index (κ2) is 10.1. The molecule has 0 saturated heterocycles. The normalized spacial score (nSPS) is 12.0. The van der Waals surface area contributed by atoms with Gasteiger partial charge < -0.3 is 10.1 Å². The number of alkyl halides is 3. The van der Waals surface area contributed by atoms with Crippen LogP contribution in [0.3, 0.4) is 0 Å². The lowest BCUT2D eigenvalue weighted by atomic mass is 10.1. The first-order chi connectivity index (χ1) is 10.2. The summed E-state index contributed by atoms with van der Waals surface area (Å²) in [7, 11) is -2.15. The number of hydrogen-bond acceptors (Lipinski definition) is 4. The molecule has 0 amide bonds. The Kier molecular flexibility index (Phi) is 9.71. The van der Waals surface area contributed by atoms with Crippen LogP contribution >= 0.6 is 12.4 Å². The van der Waals surface area contributed by atoms with Gasteiger partial charge in [0.1, 0.15) is 0 Å². The summed E-state index contributed by atoms with van der Waals surface area (Å²) in [4.78, 5) is -0.0599. The summed E-state index contributed by atoms with van der Waals surface area (Å²) in [5.74, 6) is 0. The van der Waals surface area contributed by atoms with Crippen molar-refractivity contribution in [1.82, 2.24) is 10.0 Å². The van der Waals surface area contributed by atoms with Crippen LogP contribution in [0.5, 0.6) is 0 Å². The van der Waals surface area contributed by atoms with Crippen LogP contribution in [-0.4, -0.2) is 47.9 Å². The second-order valence-corrected chi connectivity index (χ2v) is 6.34. The molecule has 1 aromatic rings. The summed E-state index contributed by atoms with van der Waals surface area (Å²) >= 11 is 0. The molecule has 23 heavy (non-hydrogen) atoms. The van der Waals surface area contributed by atoms with Crippen molar-refractivity contribution in [1.29, 1.82) is 0 Å². The molecular weight excluding hydrogens is 357 g/mol.